The van der Waals surface area contributed by atoms with Crippen molar-refractivity contribution in [2.45, 2.75) is 32.6 Å². The van der Waals surface area contributed by atoms with E-state index in [-0.39, 0.29) is 17.4 Å². The summed E-state index contributed by atoms with van der Waals surface area (Å²) in [5, 5.41) is 0. The van der Waals surface area contributed by atoms with Gasteiger partial charge in [0.2, 0.25) is 10.0 Å². The monoisotopic (exact) mass is 297 g/mol. The quantitative estimate of drug-likeness (QED) is 0.729. The van der Waals surface area contributed by atoms with Crippen molar-refractivity contribution in [3.8, 4) is 0 Å². The van der Waals surface area contributed by atoms with Crippen LogP contribution in [-0.4, -0.2) is 52.0 Å². The number of sulfone groups is 1. The van der Waals surface area contributed by atoms with Gasteiger partial charge in [-0.25, -0.2) is 21.1 Å². The first-order chi connectivity index (χ1) is 8.24. The molecule has 0 saturated carbocycles. The molecule has 1 rings (SSSR count). The highest BCUT2D eigenvalue weighted by molar-refractivity contribution is 7.90. The molecule has 18 heavy (non-hydrogen) atoms. The van der Waals surface area contributed by atoms with E-state index in [0.29, 0.717) is 32.4 Å². The summed E-state index contributed by atoms with van der Waals surface area (Å²) in [7, 11) is -6.09. The number of nitrogens with zero attached hydrogens (tertiary/aromatic N) is 1. The maximum atomic E-state index is 11.9. The predicted molar refractivity (Wildman–Crippen MR) is 72.7 cm³/mol. The van der Waals surface area contributed by atoms with Crippen molar-refractivity contribution >= 4 is 19.9 Å². The molecule has 0 amide bonds. The second kappa shape index (κ2) is 6.34. The number of hydrogen-bond donors (Lipinski definition) is 0. The Morgan fingerprint density at radius 1 is 1.11 bits per heavy atom. The third kappa shape index (κ3) is 5.24. The number of unbranched alkanes of at least 4 members (excludes halogenated alkanes) is 1. The first kappa shape index (κ1) is 15.9. The molecule has 0 bridgehead atoms. The van der Waals surface area contributed by atoms with Crippen LogP contribution in [0.25, 0.3) is 0 Å². The van der Waals surface area contributed by atoms with E-state index in [4.69, 9.17) is 0 Å². The molecule has 0 radical (unpaired) electrons. The Balaban J connectivity index is 2.49. The third-order valence-corrected chi connectivity index (χ3v) is 6.29. The molecule has 0 atom stereocenters. The molecule has 0 aromatic carbocycles. The molecule has 1 fully saturated rings. The van der Waals surface area contributed by atoms with Crippen LogP contribution in [0.3, 0.4) is 0 Å². The van der Waals surface area contributed by atoms with Gasteiger partial charge in [0.25, 0.3) is 0 Å². The maximum Gasteiger partial charge on any atom is 0.214 e. The first-order valence-corrected chi connectivity index (χ1v) is 10.1. The largest absolute Gasteiger partial charge is 0.229 e. The fourth-order valence-corrected chi connectivity index (χ4v) is 5.11. The predicted octanol–water partition coefficient (Wildman–Crippen LogP) is 0.873. The third-order valence-electron chi connectivity index (χ3n) is 3.26. The van der Waals surface area contributed by atoms with Crippen LogP contribution < -0.4 is 0 Å². The second-order valence-corrected chi connectivity index (χ2v) is 9.38. The lowest BCUT2D eigenvalue weighted by atomic mass is 10.0. The summed E-state index contributed by atoms with van der Waals surface area (Å²) in [6.07, 6.45) is 4.09. The Morgan fingerprint density at radius 3 is 2.11 bits per heavy atom. The lowest BCUT2D eigenvalue weighted by molar-refractivity contribution is 0.289. The van der Waals surface area contributed by atoms with Crippen LogP contribution in [0.5, 0.6) is 0 Å². The van der Waals surface area contributed by atoms with Crippen LogP contribution >= 0.6 is 0 Å². The number of rotatable bonds is 6. The molecule has 1 saturated heterocycles. The van der Waals surface area contributed by atoms with Gasteiger partial charge in [0.05, 0.1) is 11.5 Å². The van der Waals surface area contributed by atoms with Crippen molar-refractivity contribution in [3.05, 3.63) is 0 Å². The molecule has 1 aliphatic rings. The minimum absolute atomic E-state index is 0.109. The number of piperidine rings is 1. The van der Waals surface area contributed by atoms with Crippen LogP contribution in [-0.2, 0) is 19.9 Å². The summed E-state index contributed by atoms with van der Waals surface area (Å²) >= 11 is 0. The standard InChI is InChI=1S/C11H23NO4S2/c1-3-4-9-18(15,16)12-7-5-11(6-8-12)10-17(2,13)14/h11H,3-10H2,1-2H3. The van der Waals surface area contributed by atoms with Crippen LogP contribution in [0.4, 0.5) is 0 Å². The van der Waals surface area contributed by atoms with Crippen molar-refractivity contribution < 1.29 is 16.8 Å². The van der Waals surface area contributed by atoms with E-state index in [0.717, 1.165) is 6.42 Å². The summed E-state index contributed by atoms with van der Waals surface area (Å²) in [6, 6.07) is 0. The molecule has 5 nitrogen and oxygen atoms in total. The summed E-state index contributed by atoms with van der Waals surface area (Å²) in [4.78, 5) is 0. The second-order valence-electron chi connectivity index (χ2n) is 5.10. The van der Waals surface area contributed by atoms with Crippen LogP contribution in [0, 0.1) is 5.92 Å². The van der Waals surface area contributed by atoms with Gasteiger partial charge in [-0.1, -0.05) is 13.3 Å². The zero-order chi connectivity index (χ0) is 13.8. The molecule has 0 spiro atoms. The minimum Gasteiger partial charge on any atom is -0.229 e. The van der Waals surface area contributed by atoms with Gasteiger partial charge in [-0.2, -0.15) is 0 Å². The molecule has 0 unspecified atom stereocenters. The minimum atomic E-state index is -3.13. The molecule has 7 heteroatoms. The lowest BCUT2D eigenvalue weighted by Crippen LogP contribution is -2.40. The van der Waals surface area contributed by atoms with Gasteiger partial charge < -0.3 is 0 Å². The summed E-state index contributed by atoms with van der Waals surface area (Å²) in [5.74, 6) is 0.494. The highest BCUT2D eigenvalue weighted by Crippen LogP contribution is 2.21. The molecule has 108 valence electrons. The fourth-order valence-electron chi connectivity index (χ4n) is 2.24. The van der Waals surface area contributed by atoms with Crippen molar-refractivity contribution in [1.29, 1.82) is 0 Å². The highest BCUT2D eigenvalue weighted by Gasteiger charge is 2.28. The SMILES string of the molecule is CCCCS(=O)(=O)N1CCC(CS(C)(=O)=O)CC1. The van der Waals surface area contributed by atoms with E-state index in [2.05, 4.69) is 0 Å². The fraction of sp³-hybridized carbons (Fsp3) is 1.00. The van der Waals surface area contributed by atoms with E-state index in [1.54, 1.807) is 0 Å². The summed E-state index contributed by atoms with van der Waals surface area (Å²) < 4.78 is 47.8. The van der Waals surface area contributed by atoms with Gasteiger partial charge in [0.15, 0.2) is 0 Å². The zero-order valence-electron chi connectivity index (χ0n) is 11.1. The van der Waals surface area contributed by atoms with Gasteiger partial charge in [0, 0.05) is 19.3 Å². The average molecular weight is 297 g/mol. The van der Waals surface area contributed by atoms with Crippen molar-refractivity contribution in [2.24, 2.45) is 5.92 Å². The van der Waals surface area contributed by atoms with Crippen molar-refractivity contribution in [1.82, 2.24) is 4.31 Å². The lowest BCUT2D eigenvalue weighted by Gasteiger charge is -2.30. The van der Waals surface area contributed by atoms with Gasteiger partial charge in [-0.3, -0.25) is 0 Å². The Hall–Kier alpha value is -0.140. The highest BCUT2D eigenvalue weighted by atomic mass is 32.2. The summed E-state index contributed by atoms with van der Waals surface area (Å²) in [5.41, 5.74) is 0. The molecule has 0 aromatic heterocycles. The molecule has 1 heterocycles. The van der Waals surface area contributed by atoms with Gasteiger partial charge in [-0.15, -0.1) is 0 Å². The molecule has 1 aliphatic heterocycles. The van der Waals surface area contributed by atoms with Crippen LogP contribution in [0.1, 0.15) is 32.6 Å². The van der Waals surface area contributed by atoms with E-state index in [1.807, 2.05) is 6.92 Å². The molecular weight excluding hydrogens is 274 g/mol. The van der Waals surface area contributed by atoms with Gasteiger partial charge in [0.1, 0.15) is 9.84 Å². The number of sulfonamides is 1. The van der Waals surface area contributed by atoms with E-state index in [1.165, 1.54) is 10.6 Å². The van der Waals surface area contributed by atoms with Crippen LogP contribution in [0.15, 0.2) is 0 Å². The molecule has 0 aromatic rings. The molecule has 0 aliphatic carbocycles. The molecular formula is C11H23NO4S2. The van der Waals surface area contributed by atoms with Crippen LogP contribution in [0.2, 0.25) is 0 Å². The zero-order valence-corrected chi connectivity index (χ0v) is 12.8. The van der Waals surface area contributed by atoms with Gasteiger partial charge in [-0.05, 0) is 25.2 Å². The smallest absolute Gasteiger partial charge is 0.214 e. The van der Waals surface area contributed by atoms with E-state index < -0.39 is 19.9 Å². The van der Waals surface area contributed by atoms with E-state index in [9.17, 15) is 16.8 Å². The Labute approximate surface area is 111 Å². The Kier molecular flexibility index (Phi) is 5.61. The topological polar surface area (TPSA) is 71.5 Å². The van der Waals surface area contributed by atoms with Crippen molar-refractivity contribution in [2.75, 3.05) is 30.9 Å². The first-order valence-electron chi connectivity index (χ1n) is 6.40. The Bertz CT molecular complexity index is 447. The normalized spacial score (nSPS) is 20.1. The average Bonchev–Trinajstić information content (AvgIpc) is 2.25. The Morgan fingerprint density at radius 2 is 1.67 bits per heavy atom. The maximum absolute atomic E-state index is 11.9. The van der Waals surface area contributed by atoms with Crippen molar-refractivity contribution in [3.63, 3.8) is 0 Å². The summed E-state index contributed by atoms with van der Waals surface area (Å²) in [6.45, 7) is 2.90. The van der Waals surface area contributed by atoms with E-state index >= 15 is 0 Å². The van der Waals surface area contributed by atoms with Gasteiger partial charge >= 0.3 is 0 Å². The number of hydrogen-bond acceptors (Lipinski definition) is 4. The molecule has 0 N–H and O–H groups in total.